The van der Waals surface area contributed by atoms with Gasteiger partial charge in [0.1, 0.15) is 0 Å². The fraction of sp³-hybridized carbons (Fsp3) is 0.231. The van der Waals surface area contributed by atoms with Crippen LogP contribution in [0.3, 0.4) is 0 Å². The van der Waals surface area contributed by atoms with Crippen LogP contribution in [0.25, 0.3) is 0 Å². The molecule has 0 radical (unpaired) electrons. The van der Waals surface area contributed by atoms with Gasteiger partial charge in [0.25, 0.3) is 5.56 Å². The molecular formula is C13H13BrN2O2S. The number of hydrogen-bond donors (Lipinski definition) is 0. The summed E-state index contributed by atoms with van der Waals surface area (Å²) in [5, 5.41) is 0. The Morgan fingerprint density at radius 3 is 2.53 bits per heavy atom. The van der Waals surface area contributed by atoms with E-state index in [0.29, 0.717) is 11.4 Å². The lowest BCUT2D eigenvalue weighted by Crippen LogP contribution is -2.37. The third-order valence-corrected chi connectivity index (χ3v) is 4.90. The van der Waals surface area contributed by atoms with E-state index in [4.69, 9.17) is 0 Å². The molecule has 0 atom stereocenters. The van der Waals surface area contributed by atoms with E-state index in [1.54, 1.807) is 18.8 Å². The Morgan fingerprint density at radius 1 is 1.16 bits per heavy atom. The summed E-state index contributed by atoms with van der Waals surface area (Å²) in [6.07, 6.45) is 0. The van der Waals surface area contributed by atoms with Gasteiger partial charge in [0.15, 0.2) is 0 Å². The zero-order valence-electron chi connectivity index (χ0n) is 10.6. The first kappa shape index (κ1) is 14.1. The van der Waals surface area contributed by atoms with Gasteiger partial charge < -0.3 is 0 Å². The number of halogens is 1. The van der Waals surface area contributed by atoms with Crippen molar-refractivity contribution >= 4 is 27.7 Å². The van der Waals surface area contributed by atoms with Gasteiger partial charge in [-0.3, -0.25) is 13.9 Å². The highest BCUT2D eigenvalue weighted by Gasteiger charge is 2.07. The predicted molar refractivity (Wildman–Crippen MR) is 80.6 cm³/mol. The quantitative estimate of drug-likeness (QED) is 0.804. The van der Waals surface area contributed by atoms with Crippen molar-refractivity contribution in [2.24, 2.45) is 14.1 Å². The Bertz CT molecular complexity index is 721. The lowest BCUT2D eigenvalue weighted by Gasteiger charge is -2.09. The fourth-order valence-corrected chi connectivity index (χ4v) is 3.22. The number of nitrogens with zero attached hydrogens (tertiary/aromatic N) is 2. The van der Waals surface area contributed by atoms with Crippen LogP contribution in [0.15, 0.2) is 49.3 Å². The van der Waals surface area contributed by atoms with Gasteiger partial charge in [-0.05, 0) is 28.1 Å². The first-order valence-corrected chi connectivity index (χ1v) is 7.42. The number of hydrogen-bond acceptors (Lipinski definition) is 3. The van der Waals surface area contributed by atoms with E-state index < -0.39 is 0 Å². The van der Waals surface area contributed by atoms with Gasteiger partial charge in [-0.2, -0.15) is 0 Å². The summed E-state index contributed by atoms with van der Waals surface area (Å²) in [7, 11) is 3.16. The number of rotatable bonds is 3. The van der Waals surface area contributed by atoms with E-state index in [-0.39, 0.29) is 11.2 Å². The van der Waals surface area contributed by atoms with E-state index in [0.717, 1.165) is 13.9 Å². The Labute approximate surface area is 123 Å². The van der Waals surface area contributed by atoms with Gasteiger partial charge in [0, 0.05) is 41.0 Å². The fourth-order valence-electron chi connectivity index (χ4n) is 1.63. The van der Waals surface area contributed by atoms with Gasteiger partial charge in [0.05, 0.1) is 0 Å². The summed E-state index contributed by atoms with van der Waals surface area (Å²) in [6.45, 7) is 0. The Balaban J connectivity index is 2.29. The molecule has 0 saturated carbocycles. The predicted octanol–water partition coefficient (Wildman–Crippen LogP) is 2.14. The van der Waals surface area contributed by atoms with Gasteiger partial charge in [-0.25, -0.2) is 4.79 Å². The molecule has 0 aliphatic carbocycles. The molecule has 0 fully saturated rings. The average Bonchev–Trinajstić information content (AvgIpc) is 2.40. The van der Waals surface area contributed by atoms with Gasteiger partial charge in [-0.1, -0.05) is 12.1 Å². The van der Waals surface area contributed by atoms with Gasteiger partial charge >= 0.3 is 5.69 Å². The molecule has 4 nitrogen and oxygen atoms in total. The van der Waals surface area contributed by atoms with E-state index in [1.165, 1.54) is 17.7 Å². The molecule has 1 heterocycles. The normalized spacial score (nSPS) is 10.7. The third kappa shape index (κ3) is 3.01. The van der Waals surface area contributed by atoms with E-state index in [1.807, 2.05) is 24.3 Å². The summed E-state index contributed by atoms with van der Waals surface area (Å²) < 4.78 is 3.62. The van der Waals surface area contributed by atoms with Gasteiger partial charge in [-0.15, -0.1) is 11.8 Å². The van der Waals surface area contributed by atoms with Crippen molar-refractivity contribution in [1.29, 1.82) is 0 Å². The van der Waals surface area contributed by atoms with Crippen LogP contribution in [0, 0.1) is 0 Å². The molecular weight excluding hydrogens is 328 g/mol. The molecule has 0 aliphatic rings. The molecule has 1 aromatic heterocycles. The van der Waals surface area contributed by atoms with Crippen molar-refractivity contribution in [2.75, 3.05) is 0 Å². The Kier molecular flexibility index (Phi) is 4.31. The van der Waals surface area contributed by atoms with Crippen molar-refractivity contribution < 1.29 is 0 Å². The summed E-state index contributed by atoms with van der Waals surface area (Å²) in [5.41, 5.74) is 0.148. The van der Waals surface area contributed by atoms with Crippen LogP contribution >= 0.6 is 27.7 Å². The second kappa shape index (κ2) is 5.79. The summed E-state index contributed by atoms with van der Waals surface area (Å²) in [6, 6.07) is 9.36. The van der Waals surface area contributed by atoms with Crippen LogP contribution in [0.2, 0.25) is 0 Å². The molecule has 19 heavy (non-hydrogen) atoms. The molecule has 100 valence electrons. The maximum atomic E-state index is 11.8. The second-order valence-corrected chi connectivity index (χ2v) is 5.97. The summed E-state index contributed by atoms with van der Waals surface area (Å²) >= 11 is 5.06. The molecule has 0 spiro atoms. The zero-order valence-corrected chi connectivity index (χ0v) is 13.0. The van der Waals surface area contributed by atoms with Crippen molar-refractivity contribution in [3.05, 3.63) is 61.3 Å². The summed E-state index contributed by atoms with van der Waals surface area (Å²) in [5.74, 6) is 0.574. The molecule has 6 heteroatoms. The molecule has 1 aromatic carbocycles. The van der Waals surface area contributed by atoms with Crippen LogP contribution in [0.1, 0.15) is 5.69 Å². The molecule has 0 aliphatic heterocycles. The second-order valence-electron chi connectivity index (χ2n) is 4.09. The highest BCUT2D eigenvalue weighted by Crippen LogP contribution is 2.29. The highest BCUT2D eigenvalue weighted by molar-refractivity contribution is 9.10. The van der Waals surface area contributed by atoms with Crippen molar-refractivity contribution in [2.45, 2.75) is 10.6 Å². The first-order chi connectivity index (χ1) is 9.00. The zero-order chi connectivity index (χ0) is 14.0. The van der Waals surface area contributed by atoms with Crippen molar-refractivity contribution in [1.82, 2.24) is 9.13 Å². The molecule has 2 rings (SSSR count). The van der Waals surface area contributed by atoms with Crippen LogP contribution in [0.4, 0.5) is 0 Å². The molecule has 2 aromatic rings. The SMILES string of the molecule is Cn1c(CSc2ccccc2Br)cc(=O)n(C)c1=O. The standard InChI is InChI=1S/C13H13BrN2O2S/c1-15-9(7-12(17)16(2)13(15)18)8-19-11-6-4-3-5-10(11)14/h3-7H,8H2,1-2H3. The molecule has 0 unspecified atom stereocenters. The monoisotopic (exact) mass is 340 g/mol. The third-order valence-electron chi connectivity index (χ3n) is 2.84. The first-order valence-electron chi connectivity index (χ1n) is 5.64. The Morgan fingerprint density at radius 2 is 1.84 bits per heavy atom. The molecule has 0 bridgehead atoms. The number of benzene rings is 1. The van der Waals surface area contributed by atoms with E-state index in [2.05, 4.69) is 15.9 Å². The number of aromatic nitrogens is 2. The van der Waals surface area contributed by atoms with Crippen molar-refractivity contribution in [3.63, 3.8) is 0 Å². The largest absolute Gasteiger partial charge is 0.330 e. The number of thioether (sulfide) groups is 1. The molecule has 0 N–H and O–H groups in total. The maximum absolute atomic E-state index is 11.8. The van der Waals surface area contributed by atoms with Gasteiger partial charge in [0.2, 0.25) is 0 Å². The maximum Gasteiger partial charge on any atom is 0.330 e. The average molecular weight is 341 g/mol. The smallest absolute Gasteiger partial charge is 0.300 e. The lowest BCUT2D eigenvalue weighted by atomic mass is 10.4. The van der Waals surface area contributed by atoms with Crippen molar-refractivity contribution in [3.8, 4) is 0 Å². The molecule has 0 amide bonds. The Hall–Kier alpha value is -1.27. The minimum Gasteiger partial charge on any atom is -0.300 e. The lowest BCUT2D eigenvalue weighted by molar-refractivity contribution is 0.665. The highest BCUT2D eigenvalue weighted by atomic mass is 79.9. The van der Waals surface area contributed by atoms with E-state index >= 15 is 0 Å². The minimum absolute atomic E-state index is 0.272. The topological polar surface area (TPSA) is 44.0 Å². The van der Waals surface area contributed by atoms with Crippen LogP contribution in [-0.4, -0.2) is 9.13 Å². The van der Waals surface area contributed by atoms with Crippen LogP contribution in [0.5, 0.6) is 0 Å². The van der Waals surface area contributed by atoms with E-state index in [9.17, 15) is 9.59 Å². The van der Waals surface area contributed by atoms with Crippen LogP contribution in [-0.2, 0) is 19.8 Å². The summed E-state index contributed by atoms with van der Waals surface area (Å²) in [4.78, 5) is 24.5. The minimum atomic E-state index is -0.296. The molecule has 0 saturated heterocycles. The van der Waals surface area contributed by atoms with Crippen LogP contribution < -0.4 is 11.2 Å².